The van der Waals surface area contributed by atoms with Crippen LogP contribution in [0.2, 0.25) is 0 Å². The molecule has 0 aliphatic carbocycles. The first-order chi connectivity index (χ1) is 9.19. The molecule has 1 saturated heterocycles. The van der Waals surface area contributed by atoms with Crippen molar-refractivity contribution >= 4 is 0 Å². The molecule has 19 heavy (non-hydrogen) atoms. The molecule has 0 bridgehead atoms. The van der Waals surface area contributed by atoms with E-state index in [1.165, 1.54) is 19.3 Å². The van der Waals surface area contributed by atoms with E-state index in [-0.39, 0.29) is 12.1 Å². The van der Waals surface area contributed by atoms with Crippen LogP contribution in [0.1, 0.15) is 58.2 Å². The van der Waals surface area contributed by atoms with Crippen molar-refractivity contribution in [1.82, 2.24) is 9.88 Å². The first-order valence-electron chi connectivity index (χ1n) is 7.62. The number of aromatic nitrogens is 1. The van der Waals surface area contributed by atoms with Crippen molar-refractivity contribution in [2.24, 2.45) is 5.73 Å². The lowest BCUT2D eigenvalue weighted by Gasteiger charge is -2.38. The molecule has 0 aromatic carbocycles. The summed E-state index contributed by atoms with van der Waals surface area (Å²) in [5, 5.41) is 0. The van der Waals surface area contributed by atoms with Gasteiger partial charge in [0.05, 0.1) is 11.7 Å². The van der Waals surface area contributed by atoms with Crippen LogP contribution in [0.5, 0.6) is 0 Å². The quantitative estimate of drug-likeness (QED) is 0.885. The van der Waals surface area contributed by atoms with Crippen LogP contribution in [-0.2, 0) is 0 Å². The van der Waals surface area contributed by atoms with Gasteiger partial charge in [-0.2, -0.15) is 0 Å². The third kappa shape index (κ3) is 2.98. The maximum atomic E-state index is 6.43. The SMILES string of the molecule is CCC(N)C(c1ccccn1)N1C(C)CCC1CC. The number of rotatable bonds is 5. The first kappa shape index (κ1) is 14.5. The topological polar surface area (TPSA) is 42.1 Å². The summed E-state index contributed by atoms with van der Waals surface area (Å²) in [5.41, 5.74) is 7.56. The van der Waals surface area contributed by atoms with Gasteiger partial charge in [-0.15, -0.1) is 0 Å². The summed E-state index contributed by atoms with van der Waals surface area (Å²) < 4.78 is 0. The van der Waals surface area contributed by atoms with Crippen LogP contribution in [0.3, 0.4) is 0 Å². The molecule has 3 nitrogen and oxygen atoms in total. The van der Waals surface area contributed by atoms with Crippen LogP contribution in [0.25, 0.3) is 0 Å². The molecule has 0 spiro atoms. The number of hydrogen-bond acceptors (Lipinski definition) is 3. The number of nitrogens with two attached hydrogens (primary N) is 1. The van der Waals surface area contributed by atoms with Gasteiger partial charge in [0.2, 0.25) is 0 Å². The summed E-state index contributed by atoms with van der Waals surface area (Å²) in [6.07, 6.45) is 6.63. The summed E-state index contributed by atoms with van der Waals surface area (Å²) in [6.45, 7) is 6.78. The van der Waals surface area contributed by atoms with Crippen molar-refractivity contribution in [3.63, 3.8) is 0 Å². The fourth-order valence-corrected chi connectivity index (χ4v) is 3.38. The van der Waals surface area contributed by atoms with Crippen LogP contribution in [-0.4, -0.2) is 28.0 Å². The molecular formula is C16H27N3. The molecule has 1 fully saturated rings. The first-order valence-corrected chi connectivity index (χ1v) is 7.62. The number of pyridine rings is 1. The van der Waals surface area contributed by atoms with E-state index in [0.717, 1.165) is 12.1 Å². The average Bonchev–Trinajstić information content (AvgIpc) is 2.81. The normalized spacial score (nSPS) is 27.4. The van der Waals surface area contributed by atoms with E-state index in [1.807, 2.05) is 12.3 Å². The fraction of sp³-hybridized carbons (Fsp3) is 0.688. The average molecular weight is 261 g/mol. The van der Waals surface area contributed by atoms with Crippen LogP contribution < -0.4 is 5.73 Å². The highest BCUT2D eigenvalue weighted by atomic mass is 15.3. The third-order valence-corrected chi connectivity index (χ3v) is 4.51. The lowest BCUT2D eigenvalue weighted by Crippen LogP contribution is -2.46. The highest BCUT2D eigenvalue weighted by Crippen LogP contribution is 2.36. The molecule has 2 N–H and O–H groups in total. The minimum absolute atomic E-state index is 0.157. The Hall–Kier alpha value is -0.930. The molecule has 1 aliphatic heterocycles. The summed E-state index contributed by atoms with van der Waals surface area (Å²) >= 11 is 0. The Morgan fingerprint density at radius 1 is 1.37 bits per heavy atom. The molecule has 4 unspecified atom stereocenters. The lowest BCUT2D eigenvalue weighted by molar-refractivity contribution is 0.109. The van der Waals surface area contributed by atoms with Gasteiger partial charge in [-0.1, -0.05) is 19.9 Å². The number of likely N-dealkylation sites (tertiary alicyclic amines) is 1. The maximum Gasteiger partial charge on any atom is 0.0678 e. The molecule has 1 aromatic heterocycles. The second kappa shape index (κ2) is 6.49. The third-order valence-electron chi connectivity index (χ3n) is 4.51. The Bertz CT molecular complexity index is 379. The Morgan fingerprint density at radius 3 is 2.74 bits per heavy atom. The molecule has 3 heteroatoms. The monoisotopic (exact) mass is 261 g/mol. The van der Waals surface area contributed by atoms with Crippen molar-refractivity contribution in [3.8, 4) is 0 Å². The zero-order chi connectivity index (χ0) is 13.8. The molecule has 2 heterocycles. The minimum atomic E-state index is 0.157. The molecule has 106 valence electrons. The van der Waals surface area contributed by atoms with Crippen molar-refractivity contribution in [1.29, 1.82) is 0 Å². The Labute approximate surface area is 117 Å². The van der Waals surface area contributed by atoms with Gasteiger partial charge < -0.3 is 5.73 Å². The second-order valence-electron chi connectivity index (χ2n) is 5.71. The van der Waals surface area contributed by atoms with E-state index in [9.17, 15) is 0 Å². The van der Waals surface area contributed by atoms with E-state index in [1.54, 1.807) is 0 Å². The molecule has 0 amide bonds. The predicted octanol–water partition coefficient (Wildman–Crippen LogP) is 3.12. The summed E-state index contributed by atoms with van der Waals surface area (Å²) in [7, 11) is 0. The van der Waals surface area contributed by atoms with E-state index in [2.05, 4.69) is 42.8 Å². The van der Waals surface area contributed by atoms with Crippen molar-refractivity contribution in [2.45, 2.75) is 70.6 Å². The number of hydrogen-bond donors (Lipinski definition) is 1. The van der Waals surface area contributed by atoms with Gasteiger partial charge in [-0.25, -0.2) is 0 Å². The van der Waals surface area contributed by atoms with Gasteiger partial charge in [0.25, 0.3) is 0 Å². The largest absolute Gasteiger partial charge is 0.326 e. The maximum absolute atomic E-state index is 6.43. The molecule has 2 rings (SSSR count). The van der Waals surface area contributed by atoms with Gasteiger partial charge in [0.15, 0.2) is 0 Å². The molecular weight excluding hydrogens is 234 g/mol. The lowest BCUT2D eigenvalue weighted by atomic mass is 9.98. The zero-order valence-electron chi connectivity index (χ0n) is 12.4. The van der Waals surface area contributed by atoms with Crippen LogP contribution in [0, 0.1) is 0 Å². The van der Waals surface area contributed by atoms with E-state index in [4.69, 9.17) is 5.73 Å². The second-order valence-corrected chi connectivity index (χ2v) is 5.71. The Kier molecular flexibility index (Phi) is 4.94. The molecule has 0 saturated carbocycles. The Balaban J connectivity index is 2.32. The van der Waals surface area contributed by atoms with Crippen molar-refractivity contribution < 1.29 is 0 Å². The van der Waals surface area contributed by atoms with Crippen molar-refractivity contribution in [2.75, 3.05) is 0 Å². The standard InChI is InChI=1S/C16H27N3/c1-4-13-10-9-12(3)19(13)16(14(17)5-2)15-8-6-7-11-18-15/h6-8,11-14,16H,4-5,9-10,17H2,1-3H3. The molecule has 4 atom stereocenters. The molecule has 1 aliphatic rings. The summed E-state index contributed by atoms with van der Waals surface area (Å²) in [6, 6.07) is 7.84. The van der Waals surface area contributed by atoms with Gasteiger partial charge in [0.1, 0.15) is 0 Å². The molecule has 1 aromatic rings. The van der Waals surface area contributed by atoms with Crippen LogP contribution >= 0.6 is 0 Å². The van der Waals surface area contributed by atoms with E-state index in [0.29, 0.717) is 12.1 Å². The van der Waals surface area contributed by atoms with Gasteiger partial charge in [0, 0.05) is 24.3 Å². The smallest absolute Gasteiger partial charge is 0.0678 e. The summed E-state index contributed by atoms with van der Waals surface area (Å²) in [5.74, 6) is 0. The highest BCUT2D eigenvalue weighted by molar-refractivity contribution is 5.13. The fourth-order valence-electron chi connectivity index (χ4n) is 3.38. The molecule has 0 radical (unpaired) electrons. The highest BCUT2D eigenvalue weighted by Gasteiger charge is 2.38. The van der Waals surface area contributed by atoms with E-state index >= 15 is 0 Å². The van der Waals surface area contributed by atoms with Gasteiger partial charge in [-0.05, 0) is 44.7 Å². The Morgan fingerprint density at radius 2 is 2.16 bits per heavy atom. The van der Waals surface area contributed by atoms with Crippen LogP contribution in [0.4, 0.5) is 0 Å². The predicted molar refractivity (Wildman–Crippen MR) is 79.9 cm³/mol. The summed E-state index contributed by atoms with van der Waals surface area (Å²) in [4.78, 5) is 7.20. The minimum Gasteiger partial charge on any atom is -0.326 e. The zero-order valence-corrected chi connectivity index (χ0v) is 12.4. The van der Waals surface area contributed by atoms with E-state index < -0.39 is 0 Å². The van der Waals surface area contributed by atoms with Crippen molar-refractivity contribution in [3.05, 3.63) is 30.1 Å². The van der Waals surface area contributed by atoms with Gasteiger partial charge in [-0.3, -0.25) is 9.88 Å². The van der Waals surface area contributed by atoms with Crippen LogP contribution in [0.15, 0.2) is 24.4 Å². The number of nitrogens with zero attached hydrogens (tertiary/aromatic N) is 2. The van der Waals surface area contributed by atoms with Gasteiger partial charge >= 0.3 is 0 Å².